The molecule has 1 unspecified atom stereocenters. The van der Waals surface area contributed by atoms with Crippen molar-refractivity contribution in [2.45, 2.75) is 19.0 Å². The van der Waals surface area contributed by atoms with Crippen LogP contribution in [0.5, 0.6) is 5.75 Å². The molecule has 3 aromatic carbocycles. The van der Waals surface area contributed by atoms with Gasteiger partial charge in [-0.1, -0.05) is 42.5 Å². The molecule has 30 heavy (non-hydrogen) atoms. The predicted molar refractivity (Wildman–Crippen MR) is 113 cm³/mol. The molecule has 0 saturated carbocycles. The molecule has 0 aliphatic carbocycles. The maximum absolute atomic E-state index is 13.1. The Balaban J connectivity index is 1.57. The van der Waals surface area contributed by atoms with E-state index in [4.69, 9.17) is 4.74 Å². The van der Waals surface area contributed by atoms with Gasteiger partial charge in [0.1, 0.15) is 11.6 Å². The SMILES string of the molecule is O=C(COc1ccc(F)cc1)N(Cc1cccc2ccccc12)C1CCS(=O)(=O)C1. The van der Waals surface area contributed by atoms with E-state index in [9.17, 15) is 17.6 Å². The van der Waals surface area contributed by atoms with Crippen molar-refractivity contribution < 1.29 is 22.3 Å². The Bertz CT molecular complexity index is 1160. The van der Waals surface area contributed by atoms with Crippen LogP contribution < -0.4 is 4.74 Å². The van der Waals surface area contributed by atoms with Crippen molar-refractivity contribution in [1.29, 1.82) is 0 Å². The van der Waals surface area contributed by atoms with Gasteiger partial charge in [0.15, 0.2) is 16.4 Å². The Morgan fingerprint density at radius 3 is 2.50 bits per heavy atom. The second-order valence-electron chi connectivity index (χ2n) is 7.46. The summed E-state index contributed by atoms with van der Waals surface area (Å²) < 4.78 is 42.7. The number of halogens is 1. The third kappa shape index (κ3) is 4.62. The van der Waals surface area contributed by atoms with E-state index in [1.54, 1.807) is 4.90 Å². The van der Waals surface area contributed by atoms with Gasteiger partial charge >= 0.3 is 0 Å². The second kappa shape index (κ2) is 8.44. The van der Waals surface area contributed by atoms with Gasteiger partial charge in [-0.15, -0.1) is 0 Å². The number of ether oxygens (including phenoxy) is 1. The zero-order valence-corrected chi connectivity index (χ0v) is 17.1. The van der Waals surface area contributed by atoms with Crippen molar-refractivity contribution >= 4 is 26.5 Å². The van der Waals surface area contributed by atoms with E-state index in [-0.39, 0.29) is 29.8 Å². The molecule has 1 amide bonds. The molecule has 4 rings (SSSR count). The number of carbonyl (C=O) groups is 1. The number of hydrogen-bond acceptors (Lipinski definition) is 4. The Kier molecular flexibility index (Phi) is 5.72. The van der Waals surface area contributed by atoms with Gasteiger partial charge in [0.05, 0.1) is 11.5 Å². The molecule has 1 atom stereocenters. The van der Waals surface area contributed by atoms with E-state index in [2.05, 4.69) is 0 Å². The Morgan fingerprint density at radius 1 is 1.03 bits per heavy atom. The van der Waals surface area contributed by atoms with Gasteiger partial charge in [-0.05, 0) is 47.0 Å². The van der Waals surface area contributed by atoms with E-state index in [1.807, 2.05) is 42.5 Å². The van der Waals surface area contributed by atoms with Gasteiger partial charge in [0.25, 0.3) is 5.91 Å². The maximum Gasteiger partial charge on any atom is 0.261 e. The largest absolute Gasteiger partial charge is 0.484 e. The third-order valence-corrected chi connectivity index (χ3v) is 7.12. The van der Waals surface area contributed by atoms with Crippen LogP contribution in [0.4, 0.5) is 4.39 Å². The van der Waals surface area contributed by atoms with Crippen molar-refractivity contribution in [1.82, 2.24) is 4.90 Å². The first kappa shape index (κ1) is 20.3. The third-order valence-electron chi connectivity index (χ3n) is 5.37. The number of hydrogen-bond donors (Lipinski definition) is 0. The zero-order valence-electron chi connectivity index (χ0n) is 16.3. The van der Waals surface area contributed by atoms with Gasteiger partial charge in [0.2, 0.25) is 0 Å². The zero-order chi connectivity index (χ0) is 21.1. The molecular formula is C23H22FNO4S. The van der Waals surface area contributed by atoms with E-state index < -0.39 is 15.9 Å². The van der Waals surface area contributed by atoms with Crippen LogP contribution in [0.25, 0.3) is 10.8 Å². The molecule has 0 radical (unpaired) electrons. The highest BCUT2D eigenvalue weighted by atomic mass is 32.2. The predicted octanol–water partition coefficient (Wildman–Crippen LogP) is 3.57. The van der Waals surface area contributed by atoms with Crippen LogP contribution in [0, 0.1) is 5.82 Å². The number of carbonyl (C=O) groups excluding carboxylic acids is 1. The summed E-state index contributed by atoms with van der Waals surface area (Å²) in [5, 5.41) is 2.09. The lowest BCUT2D eigenvalue weighted by Crippen LogP contribution is -2.43. The lowest BCUT2D eigenvalue weighted by molar-refractivity contribution is -0.135. The molecule has 156 valence electrons. The Hall–Kier alpha value is -2.93. The summed E-state index contributed by atoms with van der Waals surface area (Å²) >= 11 is 0. The number of benzene rings is 3. The average Bonchev–Trinajstić information content (AvgIpc) is 3.10. The fourth-order valence-corrected chi connectivity index (χ4v) is 5.55. The molecule has 1 aliphatic rings. The van der Waals surface area contributed by atoms with Crippen molar-refractivity contribution in [3.05, 3.63) is 78.1 Å². The molecule has 1 fully saturated rings. The monoisotopic (exact) mass is 427 g/mol. The summed E-state index contributed by atoms with van der Waals surface area (Å²) in [6, 6.07) is 18.8. The lowest BCUT2D eigenvalue weighted by atomic mass is 10.0. The van der Waals surface area contributed by atoms with E-state index in [1.165, 1.54) is 24.3 Å². The van der Waals surface area contributed by atoms with Crippen LogP contribution in [-0.4, -0.2) is 43.4 Å². The van der Waals surface area contributed by atoms with Gasteiger partial charge in [-0.3, -0.25) is 4.79 Å². The topological polar surface area (TPSA) is 63.7 Å². The standard InChI is InChI=1S/C23H22FNO4S/c24-19-8-10-21(11-9-19)29-15-23(26)25(20-12-13-30(27,28)16-20)14-18-6-3-5-17-4-1-2-7-22(17)18/h1-11,20H,12-16H2. The van der Waals surface area contributed by atoms with Crippen molar-refractivity contribution in [2.24, 2.45) is 0 Å². The minimum atomic E-state index is -3.16. The summed E-state index contributed by atoms with van der Waals surface area (Å²) in [5.41, 5.74) is 0.951. The molecule has 1 heterocycles. The fraction of sp³-hybridized carbons (Fsp3) is 0.261. The van der Waals surface area contributed by atoms with Crippen LogP contribution in [0.3, 0.4) is 0 Å². The number of rotatable bonds is 6. The molecule has 1 aliphatic heterocycles. The number of amides is 1. The molecular weight excluding hydrogens is 405 g/mol. The quantitative estimate of drug-likeness (QED) is 0.603. The molecule has 0 bridgehead atoms. The summed E-state index contributed by atoms with van der Waals surface area (Å²) in [6.07, 6.45) is 0.412. The first-order valence-electron chi connectivity index (χ1n) is 9.76. The summed E-state index contributed by atoms with van der Waals surface area (Å²) in [4.78, 5) is 14.7. The highest BCUT2D eigenvalue weighted by Gasteiger charge is 2.35. The Morgan fingerprint density at radius 2 is 1.77 bits per heavy atom. The normalized spacial score (nSPS) is 17.7. The van der Waals surface area contributed by atoms with E-state index in [0.717, 1.165) is 16.3 Å². The van der Waals surface area contributed by atoms with Crippen LogP contribution >= 0.6 is 0 Å². The molecule has 1 saturated heterocycles. The van der Waals surface area contributed by atoms with Gasteiger partial charge in [-0.25, -0.2) is 12.8 Å². The molecule has 0 aromatic heterocycles. The molecule has 0 spiro atoms. The summed E-state index contributed by atoms with van der Waals surface area (Å²) in [5.74, 6) is -0.263. The fourth-order valence-electron chi connectivity index (χ4n) is 3.81. The van der Waals surface area contributed by atoms with Crippen molar-refractivity contribution in [3.63, 3.8) is 0 Å². The first-order chi connectivity index (χ1) is 14.4. The summed E-state index contributed by atoms with van der Waals surface area (Å²) in [7, 11) is -3.16. The number of fused-ring (bicyclic) bond motifs is 1. The number of nitrogens with zero attached hydrogens (tertiary/aromatic N) is 1. The van der Waals surface area contributed by atoms with Crippen molar-refractivity contribution in [2.75, 3.05) is 18.1 Å². The minimum Gasteiger partial charge on any atom is -0.484 e. The van der Waals surface area contributed by atoms with Gasteiger partial charge in [0, 0.05) is 12.6 Å². The highest BCUT2D eigenvalue weighted by molar-refractivity contribution is 7.91. The first-order valence-corrected chi connectivity index (χ1v) is 11.6. The lowest BCUT2D eigenvalue weighted by Gasteiger charge is -2.29. The second-order valence-corrected chi connectivity index (χ2v) is 9.69. The molecule has 7 heteroatoms. The minimum absolute atomic E-state index is 0.0416. The Labute approximate surface area is 175 Å². The number of sulfone groups is 1. The molecule has 3 aromatic rings. The van der Waals surface area contributed by atoms with Crippen LogP contribution in [0.15, 0.2) is 66.7 Å². The van der Waals surface area contributed by atoms with Crippen LogP contribution in [-0.2, 0) is 21.2 Å². The smallest absolute Gasteiger partial charge is 0.261 e. The average molecular weight is 427 g/mol. The van der Waals surface area contributed by atoms with Gasteiger partial charge < -0.3 is 9.64 Å². The van der Waals surface area contributed by atoms with E-state index >= 15 is 0 Å². The van der Waals surface area contributed by atoms with Crippen LogP contribution in [0.1, 0.15) is 12.0 Å². The molecule has 5 nitrogen and oxygen atoms in total. The highest BCUT2D eigenvalue weighted by Crippen LogP contribution is 2.25. The van der Waals surface area contributed by atoms with Gasteiger partial charge in [-0.2, -0.15) is 0 Å². The molecule has 0 N–H and O–H groups in total. The summed E-state index contributed by atoms with van der Waals surface area (Å²) in [6.45, 7) is 0.0557. The van der Waals surface area contributed by atoms with Crippen molar-refractivity contribution in [3.8, 4) is 5.75 Å². The maximum atomic E-state index is 13.1. The van der Waals surface area contributed by atoms with Crippen LogP contribution in [0.2, 0.25) is 0 Å². The van der Waals surface area contributed by atoms with E-state index in [0.29, 0.717) is 18.7 Å².